The fourth-order valence-corrected chi connectivity index (χ4v) is 3.16. The first-order chi connectivity index (χ1) is 8.97. The molecule has 98 valence electrons. The van der Waals surface area contributed by atoms with Crippen LogP contribution in [0.3, 0.4) is 0 Å². The third kappa shape index (κ3) is 3.54. The van der Waals surface area contributed by atoms with Crippen molar-refractivity contribution in [3.63, 3.8) is 0 Å². The summed E-state index contributed by atoms with van der Waals surface area (Å²) in [6.07, 6.45) is 0. The van der Waals surface area contributed by atoms with E-state index in [4.69, 9.17) is 0 Å². The van der Waals surface area contributed by atoms with E-state index in [0.717, 1.165) is 14.5 Å². The molecule has 1 nitrogen and oxygen atoms in total. The van der Waals surface area contributed by atoms with Crippen LogP contribution in [0.15, 0.2) is 51.4 Å². The SMILES string of the molecule is CC(C)c1ccc(C(=O)c2cc(Br)cc(Br)c2)cc1. The molecule has 0 saturated carbocycles. The quantitative estimate of drug-likeness (QED) is 0.635. The molecule has 0 atom stereocenters. The standard InChI is InChI=1S/C16H14Br2O/c1-10(2)11-3-5-12(6-4-11)16(19)13-7-14(17)9-15(18)8-13/h3-10H,1-2H3. The minimum atomic E-state index is 0.0392. The minimum absolute atomic E-state index is 0.0392. The monoisotopic (exact) mass is 380 g/mol. The van der Waals surface area contributed by atoms with Crippen LogP contribution in [-0.4, -0.2) is 5.78 Å². The highest BCUT2D eigenvalue weighted by atomic mass is 79.9. The van der Waals surface area contributed by atoms with Gasteiger partial charge in [-0.1, -0.05) is 70.0 Å². The molecule has 0 fully saturated rings. The average molecular weight is 382 g/mol. The molecule has 2 aromatic carbocycles. The lowest BCUT2D eigenvalue weighted by Gasteiger charge is -2.07. The summed E-state index contributed by atoms with van der Waals surface area (Å²) in [7, 11) is 0. The van der Waals surface area contributed by atoms with Crippen LogP contribution in [0.25, 0.3) is 0 Å². The number of benzene rings is 2. The summed E-state index contributed by atoms with van der Waals surface area (Å²) in [5.41, 5.74) is 2.64. The van der Waals surface area contributed by atoms with E-state index in [-0.39, 0.29) is 5.78 Å². The molecule has 2 rings (SSSR count). The molecule has 0 aliphatic carbocycles. The van der Waals surface area contributed by atoms with Crippen LogP contribution in [0.4, 0.5) is 0 Å². The Hall–Kier alpha value is -0.930. The van der Waals surface area contributed by atoms with E-state index in [1.807, 2.05) is 42.5 Å². The van der Waals surface area contributed by atoms with Crippen LogP contribution < -0.4 is 0 Å². The molecular weight excluding hydrogens is 368 g/mol. The lowest BCUT2D eigenvalue weighted by atomic mass is 9.98. The van der Waals surface area contributed by atoms with Crippen molar-refractivity contribution in [1.29, 1.82) is 0 Å². The minimum Gasteiger partial charge on any atom is -0.289 e. The Morgan fingerprint density at radius 1 is 0.895 bits per heavy atom. The molecule has 0 saturated heterocycles. The van der Waals surface area contributed by atoms with Crippen LogP contribution in [0.5, 0.6) is 0 Å². The molecule has 0 aliphatic heterocycles. The van der Waals surface area contributed by atoms with Crippen LogP contribution >= 0.6 is 31.9 Å². The van der Waals surface area contributed by atoms with E-state index < -0.39 is 0 Å². The number of rotatable bonds is 3. The van der Waals surface area contributed by atoms with Gasteiger partial charge in [0.25, 0.3) is 0 Å². The zero-order chi connectivity index (χ0) is 14.0. The molecule has 0 unspecified atom stereocenters. The maximum Gasteiger partial charge on any atom is 0.193 e. The summed E-state index contributed by atoms with van der Waals surface area (Å²) in [5, 5.41) is 0. The zero-order valence-electron chi connectivity index (χ0n) is 10.8. The first kappa shape index (κ1) is 14.5. The molecule has 0 aromatic heterocycles. The van der Waals surface area contributed by atoms with E-state index in [0.29, 0.717) is 11.5 Å². The van der Waals surface area contributed by atoms with Crippen molar-refractivity contribution < 1.29 is 4.79 Å². The lowest BCUT2D eigenvalue weighted by Crippen LogP contribution is -2.01. The number of carbonyl (C=O) groups is 1. The molecule has 0 aliphatic rings. The second-order valence-electron chi connectivity index (χ2n) is 4.76. The summed E-state index contributed by atoms with van der Waals surface area (Å²) in [6.45, 7) is 4.28. The summed E-state index contributed by atoms with van der Waals surface area (Å²) in [6, 6.07) is 13.4. The Balaban J connectivity index is 2.33. The first-order valence-electron chi connectivity index (χ1n) is 6.08. The maximum atomic E-state index is 12.4. The zero-order valence-corrected chi connectivity index (χ0v) is 14.0. The summed E-state index contributed by atoms with van der Waals surface area (Å²) < 4.78 is 1.79. The van der Waals surface area contributed by atoms with Gasteiger partial charge in [-0.2, -0.15) is 0 Å². The third-order valence-electron chi connectivity index (χ3n) is 2.96. The van der Waals surface area contributed by atoms with Gasteiger partial charge in [-0.15, -0.1) is 0 Å². The van der Waals surface area contributed by atoms with Gasteiger partial charge < -0.3 is 0 Å². The largest absolute Gasteiger partial charge is 0.289 e. The topological polar surface area (TPSA) is 17.1 Å². The predicted octanol–water partition coefficient (Wildman–Crippen LogP) is 5.57. The van der Waals surface area contributed by atoms with Crippen molar-refractivity contribution >= 4 is 37.6 Å². The van der Waals surface area contributed by atoms with E-state index in [1.165, 1.54) is 5.56 Å². The van der Waals surface area contributed by atoms with E-state index in [9.17, 15) is 4.79 Å². The Kier molecular flexibility index (Phi) is 4.58. The van der Waals surface area contributed by atoms with Crippen molar-refractivity contribution in [2.75, 3.05) is 0 Å². The molecule has 0 radical (unpaired) electrons. The second-order valence-corrected chi connectivity index (χ2v) is 6.60. The molecule has 0 bridgehead atoms. The number of hydrogen-bond donors (Lipinski definition) is 0. The van der Waals surface area contributed by atoms with Crippen LogP contribution in [-0.2, 0) is 0 Å². The molecule has 0 spiro atoms. The second kappa shape index (κ2) is 6.02. The van der Waals surface area contributed by atoms with Gasteiger partial charge in [-0.3, -0.25) is 4.79 Å². The van der Waals surface area contributed by atoms with E-state index >= 15 is 0 Å². The van der Waals surface area contributed by atoms with Gasteiger partial charge in [0.1, 0.15) is 0 Å². The smallest absolute Gasteiger partial charge is 0.193 e. The van der Waals surface area contributed by atoms with Gasteiger partial charge in [0.2, 0.25) is 0 Å². The van der Waals surface area contributed by atoms with Crippen molar-refractivity contribution in [2.45, 2.75) is 19.8 Å². The molecule has 3 heteroatoms. The number of halogens is 2. The Labute approximate surface area is 130 Å². The lowest BCUT2D eigenvalue weighted by molar-refractivity contribution is 0.103. The van der Waals surface area contributed by atoms with Crippen molar-refractivity contribution in [3.8, 4) is 0 Å². The predicted molar refractivity (Wildman–Crippen MR) is 85.8 cm³/mol. The van der Waals surface area contributed by atoms with Gasteiger partial charge in [0.15, 0.2) is 5.78 Å². The average Bonchev–Trinajstić information content (AvgIpc) is 2.37. The fraction of sp³-hybridized carbons (Fsp3) is 0.188. The van der Waals surface area contributed by atoms with Gasteiger partial charge in [-0.05, 0) is 29.7 Å². The molecule has 0 amide bonds. The first-order valence-corrected chi connectivity index (χ1v) is 7.66. The highest BCUT2D eigenvalue weighted by molar-refractivity contribution is 9.11. The highest BCUT2D eigenvalue weighted by Crippen LogP contribution is 2.23. The third-order valence-corrected chi connectivity index (χ3v) is 3.88. The van der Waals surface area contributed by atoms with Crippen LogP contribution in [0.1, 0.15) is 41.3 Å². The van der Waals surface area contributed by atoms with Gasteiger partial charge in [0.05, 0.1) is 0 Å². The maximum absolute atomic E-state index is 12.4. The number of carbonyl (C=O) groups excluding carboxylic acids is 1. The fourth-order valence-electron chi connectivity index (χ4n) is 1.87. The van der Waals surface area contributed by atoms with Gasteiger partial charge >= 0.3 is 0 Å². The van der Waals surface area contributed by atoms with Crippen molar-refractivity contribution in [3.05, 3.63) is 68.1 Å². The molecule has 0 heterocycles. The Morgan fingerprint density at radius 3 is 1.89 bits per heavy atom. The van der Waals surface area contributed by atoms with Crippen molar-refractivity contribution in [2.24, 2.45) is 0 Å². The number of hydrogen-bond acceptors (Lipinski definition) is 1. The Bertz CT molecular complexity index is 580. The van der Waals surface area contributed by atoms with Crippen LogP contribution in [0.2, 0.25) is 0 Å². The van der Waals surface area contributed by atoms with Gasteiger partial charge in [0, 0.05) is 20.1 Å². The highest BCUT2D eigenvalue weighted by Gasteiger charge is 2.11. The molecule has 2 aromatic rings. The van der Waals surface area contributed by atoms with Crippen molar-refractivity contribution in [1.82, 2.24) is 0 Å². The summed E-state index contributed by atoms with van der Waals surface area (Å²) >= 11 is 6.80. The molecular formula is C16H14Br2O. The number of ketones is 1. The Morgan fingerprint density at radius 2 is 1.42 bits per heavy atom. The van der Waals surface area contributed by atoms with E-state index in [2.05, 4.69) is 45.7 Å². The normalized spacial score (nSPS) is 10.8. The summed E-state index contributed by atoms with van der Waals surface area (Å²) in [5.74, 6) is 0.515. The van der Waals surface area contributed by atoms with Gasteiger partial charge in [-0.25, -0.2) is 0 Å². The summed E-state index contributed by atoms with van der Waals surface area (Å²) in [4.78, 5) is 12.4. The molecule has 19 heavy (non-hydrogen) atoms. The molecule has 0 N–H and O–H groups in total. The van der Waals surface area contributed by atoms with E-state index in [1.54, 1.807) is 0 Å². The van der Waals surface area contributed by atoms with Crippen LogP contribution in [0, 0.1) is 0 Å².